The Labute approximate surface area is 95.9 Å². The van der Waals surface area contributed by atoms with Crippen molar-refractivity contribution in [2.24, 2.45) is 5.73 Å². The summed E-state index contributed by atoms with van der Waals surface area (Å²) in [5, 5.41) is 0. The highest BCUT2D eigenvalue weighted by Gasteiger charge is 2.15. The number of rotatable bonds is 4. The highest BCUT2D eigenvalue weighted by molar-refractivity contribution is 7.89. The van der Waals surface area contributed by atoms with Crippen molar-refractivity contribution in [3.05, 3.63) is 29.8 Å². The number of hydrogen-bond donors (Lipinski definition) is 2. The smallest absolute Gasteiger partial charge is 0.241 e. The molecule has 0 heterocycles. The van der Waals surface area contributed by atoms with E-state index in [1.54, 1.807) is 19.1 Å². The van der Waals surface area contributed by atoms with E-state index in [0.717, 1.165) is 5.56 Å². The van der Waals surface area contributed by atoms with Crippen molar-refractivity contribution >= 4 is 10.0 Å². The lowest BCUT2D eigenvalue weighted by molar-refractivity contribution is 0.577. The van der Waals surface area contributed by atoms with Gasteiger partial charge in [0.05, 0.1) is 10.9 Å². The maximum absolute atomic E-state index is 11.8. The van der Waals surface area contributed by atoms with E-state index in [2.05, 4.69) is 10.6 Å². The second-order valence-corrected chi connectivity index (χ2v) is 5.07. The van der Waals surface area contributed by atoms with Crippen molar-refractivity contribution < 1.29 is 8.42 Å². The lowest BCUT2D eigenvalue weighted by atomic mass is 10.2. The van der Waals surface area contributed by atoms with Gasteiger partial charge in [-0.25, -0.2) is 8.42 Å². The maximum atomic E-state index is 11.8. The van der Waals surface area contributed by atoms with Gasteiger partial charge in [0.2, 0.25) is 10.0 Å². The molecule has 1 rings (SSSR count). The molecule has 0 saturated heterocycles. The van der Waals surface area contributed by atoms with Crippen LogP contribution in [0.1, 0.15) is 12.5 Å². The van der Waals surface area contributed by atoms with Crippen molar-refractivity contribution in [1.82, 2.24) is 4.72 Å². The van der Waals surface area contributed by atoms with Crippen molar-refractivity contribution in [2.45, 2.75) is 24.4 Å². The lowest BCUT2D eigenvalue weighted by Gasteiger charge is -2.09. The summed E-state index contributed by atoms with van der Waals surface area (Å²) in [5.74, 6) is 2.30. The normalized spacial score (nSPS) is 13.1. The standard InChI is InChI=1S/C11H14N2O2S/c1-3-9(2)13-16(14,15)11-6-4-10(8-12)5-7-11/h1,4-7,9,13H,8,12H2,2H3. The lowest BCUT2D eigenvalue weighted by Crippen LogP contribution is -2.31. The molecule has 0 fully saturated rings. The van der Waals surface area contributed by atoms with Crippen LogP contribution < -0.4 is 10.5 Å². The molecule has 5 heteroatoms. The number of terminal acetylenes is 1. The van der Waals surface area contributed by atoms with Gasteiger partial charge in [0.15, 0.2) is 0 Å². The molecule has 0 bridgehead atoms. The fourth-order valence-electron chi connectivity index (χ4n) is 1.14. The van der Waals surface area contributed by atoms with Crippen LogP contribution in [0.4, 0.5) is 0 Å². The molecule has 4 nitrogen and oxygen atoms in total. The summed E-state index contributed by atoms with van der Waals surface area (Å²) in [5.41, 5.74) is 6.30. The molecule has 1 atom stereocenters. The van der Waals surface area contributed by atoms with E-state index in [-0.39, 0.29) is 4.90 Å². The fraction of sp³-hybridized carbons (Fsp3) is 0.273. The minimum absolute atomic E-state index is 0.187. The number of benzene rings is 1. The van der Waals surface area contributed by atoms with E-state index in [4.69, 9.17) is 12.2 Å². The third-order valence-electron chi connectivity index (χ3n) is 2.05. The van der Waals surface area contributed by atoms with E-state index >= 15 is 0 Å². The molecule has 86 valence electrons. The molecule has 0 saturated carbocycles. The monoisotopic (exact) mass is 238 g/mol. The Balaban J connectivity index is 2.95. The first kappa shape index (κ1) is 12.7. The Kier molecular flexibility index (Phi) is 4.07. The molecule has 1 aromatic rings. The predicted octanol–water partition coefficient (Wildman–Crippen LogP) is 0.445. The molecule has 16 heavy (non-hydrogen) atoms. The molecular weight excluding hydrogens is 224 g/mol. The number of nitrogens with two attached hydrogens (primary N) is 1. The summed E-state index contributed by atoms with van der Waals surface area (Å²) in [4.78, 5) is 0.187. The van der Waals surface area contributed by atoms with Crippen LogP contribution in [-0.4, -0.2) is 14.5 Å². The van der Waals surface area contributed by atoms with Gasteiger partial charge in [-0.3, -0.25) is 0 Å². The maximum Gasteiger partial charge on any atom is 0.241 e. The predicted molar refractivity (Wildman–Crippen MR) is 62.9 cm³/mol. The molecule has 0 aromatic heterocycles. The Hall–Kier alpha value is -1.35. The van der Waals surface area contributed by atoms with Crippen LogP contribution >= 0.6 is 0 Å². The highest BCUT2D eigenvalue weighted by atomic mass is 32.2. The van der Waals surface area contributed by atoms with Crippen LogP contribution in [0.2, 0.25) is 0 Å². The zero-order chi connectivity index (χ0) is 12.2. The quantitative estimate of drug-likeness (QED) is 0.748. The molecule has 0 spiro atoms. The van der Waals surface area contributed by atoms with E-state index < -0.39 is 16.1 Å². The second kappa shape index (κ2) is 5.12. The van der Waals surface area contributed by atoms with Crippen molar-refractivity contribution in [3.8, 4) is 12.3 Å². The van der Waals surface area contributed by atoms with Gasteiger partial charge in [-0.2, -0.15) is 4.72 Å². The minimum Gasteiger partial charge on any atom is -0.326 e. The third kappa shape index (κ3) is 3.07. The molecule has 0 aliphatic carbocycles. The molecular formula is C11H14N2O2S. The first-order chi connectivity index (χ1) is 7.49. The number of nitrogens with one attached hydrogen (secondary N) is 1. The van der Waals surface area contributed by atoms with E-state index in [1.807, 2.05) is 0 Å². The zero-order valence-electron chi connectivity index (χ0n) is 8.97. The van der Waals surface area contributed by atoms with E-state index in [0.29, 0.717) is 6.54 Å². The van der Waals surface area contributed by atoms with Gasteiger partial charge >= 0.3 is 0 Å². The Bertz CT molecular complexity index is 486. The van der Waals surface area contributed by atoms with Crippen LogP contribution in [0.15, 0.2) is 29.2 Å². The molecule has 1 aromatic carbocycles. The van der Waals surface area contributed by atoms with Crippen molar-refractivity contribution in [2.75, 3.05) is 0 Å². The van der Waals surface area contributed by atoms with Gasteiger partial charge in [0.1, 0.15) is 0 Å². The first-order valence-corrected chi connectivity index (χ1v) is 6.25. The van der Waals surface area contributed by atoms with Crippen molar-refractivity contribution in [3.63, 3.8) is 0 Å². The summed E-state index contributed by atoms with van der Waals surface area (Å²) in [6, 6.07) is 5.84. The highest BCUT2D eigenvalue weighted by Crippen LogP contribution is 2.10. The zero-order valence-corrected chi connectivity index (χ0v) is 9.79. The second-order valence-electron chi connectivity index (χ2n) is 3.36. The van der Waals surface area contributed by atoms with Gasteiger partial charge in [-0.15, -0.1) is 6.42 Å². The molecule has 0 radical (unpaired) electrons. The van der Waals surface area contributed by atoms with Crippen LogP contribution in [0, 0.1) is 12.3 Å². The van der Waals surface area contributed by atoms with Gasteiger partial charge in [0.25, 0.3) is 0 Å². The molecule has 0 amide bonds. The summed E-state index contributed by atoms with van der Waals surface area (Å²) < 4.78 is 25.9. The fourth-order valence-corrected chi connectivity index (χ4v) is 2.30. The van der Waals surface area contributed by atoms with Gasteiger partial charge in [0, 0.05) is 6.54 Å². The summed E-state index contributed by atoms with van der Waals surface area (Å²) >= 11 is 0. The Morgan fingerprint density at radius 2 is 2.00 bits per heavy atom. The average Bonchev–Trinajstić information content (AvgIpc) is 2.28. The minimum atomic E-state index is -3.53. The first-order valence-electron chi connectivity index (χ1n) is 4.77. The van der Waals surface area contributed by atoms with Crippen molar-refractivity contribution in [1.29, 1.82) is 0 Å². The summed E-state index contributed by atoms with van der Waals surface area (Å²) in [6.45, 7) is 1.99. The van der Waals surface area contributed by atoms with Crippen LogP contribution in [0.5, 0.6) is 0 Å². The number of sulfonamides is 1. The Morgan fingerprint density at radius 3 is 2.44 bits per heavy atom. The van der Waals surface area contributed by atoms with Gasteiger partial charge in [-0.05, 0) is 24.6 Å². The third-order valence-corrected chi connectivity index (χ3v) is 3.61. The molecule has 3 N–H and O–H groups in total. The summed E-state index contributed by atoms with van der Waals surface area (Å²) in [6.07, 6.45) is 5.11. The van der Waals surface area contributed by atoms with E-state index in [1.165, 1.54) is 12.1 Å². The van der Waals surface area contributed by atoms with Gasteiger partial charge in [-0.1, -0.05) is 18.1 Å². The molecule has 0 aliphatic rings. The average molecular weight is 238 g/mol. The van der Waals surface area contributed by atoms with Gasteiger partial charge < -0.3 is 5.73 Å². The van der Waals surface area contributed by atoms with E-state index in [9.17, 15) is 8.42 Å². The van der Waals surface area contributed by atoms with Crippen LogP contribution in [-0.2, 0) is 16.6 Å². The largest absolute Gasteiger partial charge is 0.326 e. The SMILES string of the molecule is C#CC(C)NS(=O)(=O)c1ccc(CN)cc1. The summed E-state index contributed by atoms with van der Waals surface area (Å²) in [7, 11) is -3.53. The molecule has 0 aliphatic heterocycles. The van der Waals surface area contributed by atoms with Crippen LogP contribution in [0.25, 0.3) is 0 Å². The Morgan fingerprint density at radius 1 is 1.44 bits per heavy atom. The number of hydrogen-bond acceptors (Lipinski definition) is 3. The molecule has 1 unspecified atom stereocenters. The van der Waals surface area contributed by atoms with Crippen LogP contribution in [0.3, 0.4) is 0 Å². The topological polar surface area (TPSA) is 72.2 Å².